The number of benzene rings is 4. The Hall–Kier alpha value is -4.02. The zero-order valence-electron chi connectivity index (χ0n) is 29.3. The van der Waals surface area contributed by atoms with Gasteiger partial charge in [-0.15, -0.1) is 22.7 Å². The highest BCUT2D eigenvalue weighted by atomic mass is 32.1. The van der Waals surface area contributed by atoms with Gasteiger partial charge in [-0.1, -0.05) is 84.9 Å². The Balaban J connectivity index is 1.18. The second-order valence-corrected chi connectivity index (χ2v) is 17.8. The number of allylic oxidation sites excluding steroid dienone is 2. The maximum Gasteiger partial charge on any atom is 0.0397 e. The van der Waals surface area contributed by atoms with E-state index in [1.165, 1.54) is 110 Å². The molecule has 0 fully saturated rings. The lowest BCUT2D eigenvalue weighted by Crippen LogP contribution is -2.08. The van der Waals surface area contributed by atoms with E-state index >= 15 is 0 Å². The van der Waals surface area contributed by atoms with Crippen LogP contribution in [0.15, 0.2) is 97.1 Å². The average Bonchev–Trinajstić information content (AvgIpc) is 3.89. The van der Waals surface area contributed by atoms with Gasteiger partial charge in [0.15, 0.2) is 0 Å². The smallest absolute Gasteiger partial charge is 0.0397 e. The highest BCUT2D eigenvalue weighted by Gasteiger charge is 2.33. The summed E-state index contributed by atoms with van der Waals surface area (Å²) in [5.41, 5.74) is 20.0. The standard InChI is InChI=1S/C46H42S2Si/c1-27-21-35-39(45(31(27)5)33-13-9-7-10-14-33)23-37(43-19-17-29(3)47-43)41(35)25-49-26-42-36-22-28(2)32(6)46(34-15-11-8-12-16-34)40(36)24-38(42)44-20-18-30(4)48-44/h7-24,41-42H,25-26H2,1-6H3. The van der Waals surface area contributed by atoms with Crippen LogP contribution < -0.4 is 0 Å². The van der Waals surface area contributed by atoms with Gasteiger partial charge in [-0.2, -0.15) is 0 Å². The molecule has 242 valence electrons. The maximum absolute atomic E-state index is 2.55. The molecule has 0 nitrogen and oxygen atoms in total. The van der Waals surface area contributed by atoms with Crippen molar-refractivity contribution in [2.45, 2.75) is 65.5 Å². The molecular formula is C46H42S2Si. The first-order valence-corrected chi connectivity index (χ1v) is 20.5. The second-order valence-electron chi connectivity index (χ2n) is 13.9. The van der Waals surface area contributed by atoms with E-state index in [1.54, 1.807) is 0 Å². The molecule has 3 heteroatoms. The van der Waals surface area contributed by atoms with Crippen molar-refractivity contribution < 1.29 is 0 Å². The van der Waals surface area contributed by atoms with E-state index in [2.05, 4.69) is 151 Å². The summed E-state index contributed by atoms with van der Waals surface area (Å²) >= 11 is 3.90. The first kappa shape index (κ1) is 32.2. The third kappa shape index (κ3) is 5.76. The topological polar surface area (TPSA) is 0 Å². The zero-order valence-corrected chi connectivity index (χ0v) is 31.9. The van der Waals surface area contributed by atoms with Crippen LogP contribution >= 0.6 is 22.7 Å². The average molecular weight is 687 g/mol. The Bertz CT molecular complexity index is 2100. The fourth-order valence-electron chi connectivity index (χ4n) is 8.09. The molecule has 2 aliphatic rings. The van der Waals surface area contributed by atoms with Gasteiger partial charge in [0.25, 0.3) is 0 Å². The molecule has 4 aromatic carbocycles. The van der Waals surface area contributed by atoms with Gasteiger partial charge < -0.3 is 0 Å². The number of rotatable bonds is 8. The normalized spacial score (nSPS) is 16.4. The summed E-state index contributed by atoms with van der Waals surface area (Å²) in [6.07, 6.45) is 5.10. The molecule has 6 aromatic rings. The molecule has 0 aliphatic heterocycles. The van der Waals surface area contributed by atoms with Crippen molar-refractivity contribution in [3.05, 3.63) is 161 Å². The van der Waals surface area contributed by atoms with Crippen LogP contribution in [-0.2, 0) is 0 Å². The lowest BCUT2D eigenvalue weighted by atomic mass is 9.87. The molecule has 2 heterocycles. The minimum absolute atomic E-state index is 0.407. The minimum atomic E-state index is 0.407. The molecule has 2 atom stereocenters. The molecule has 2 aliphatic carbocycles. The molecule has 0 amide bonds. The highest BCUT2D eigenvalue weighted by Crippen LogP contribution is 2.53. The summed E-state index contributed by atoms with van der Waals surface area (Å²) in [5.74, 6) is 0.815. The van der Waals surface area contributed by atoms with E-state index in [9.17, 15) is 0 Å². The Kier molecular flexibility index (Phi) is 8.56. The lowest BCUT2D eigenvalue weighted by molar-refractivity contribution is 0.953. The van der Waals surface area contributed by atoms with E-state index in [-0.39, 0.29) is 0 Å². The molecule has 0 N–H and O–H groups in total. The van der Waals surface area contributed by atoms with E-state index < -0.39 is 0 Å². The Morgan fingerprint density at radius 2 is 0.918 bits per heavy atom. The summed E-state index contributed by atoms with van der Waals surface area (Å²) in [4.78, 5) is 5.62. The van der Waals surface area contributed by atoms with Gasteiger partial charge in [0.05, 0.1) is 0 Å². The van der Waals surface area contributed by atoms with Gasteiger partial charge >= 0.3 is 0 Å². The predicted octanol–water partition coefficient (Wildman–Crippen LogP) is 13.5. The van der Waals surface area contributed by atoms with Crippen LogP contribution in [0.2, 0.25) is 12.1 Å². The number of fused-ring (bicyclic) bond motifs is 2. The van der Waals surface area contributed by atoms with E-state index in [4.69, 9.17) is 0 Å². The SMILES string of the molecule is Cc1ccc(C2=Cc3c(cc(C)c(C)c3-c3ccccc3)C2C[Si]CC2C(c3ccc(C)s3)=Cc3c2cc(C)c(C)c3-c2ccccc2)s1. The fraction of sp³-hybridized carbons (Fsp3) is 0.217. The number of thiophene rings is 2. The lowest BCUT2D eigenvalue weighted by Gasteiger charge is -2.22. The molecule has 2 unspecified atom stereocenters. The molecule has 49 heavy (non-hydrogen) atoms. The molecule has 2 aromatic heterocycles. The van der Waals surface area contributed by atoms with Gasteiger partial charge in [-0.3, -0.25) is 0 Å². The first-order chi connectivity index (χ1) is 23.8. The fourth-order valence-corrected chi connectivity index (χ4v) is 11.6. The Labute approximate surface area is 302 Å². The third-order valence-corrected chi connectivity index (χ3v) is 14.3. The molecule has 0 spiro atoms. The maximum atomic E-state index is 2.55. The van der Waals surface area contributed by atoms with Crippen LogP contribution in [0.4, 0.5) is 0 Å². The van der Waals surface area contributed by atoms with Crippen molar-refractivity contribution in [1.29, 1.82) is 0 Å². The second kappa shape index (κ2) is 13.0. The van der Waals surface area contributed by atoms with Crippen LogP contribution in [-0.4, -0.2) is 9.52 Å². The summed E-state index contributed by atoms with van der Waals surface area (Å²) < 4.78 is 0. The van der Waals surface area contributed by atoms with Gasteiger partial charge in [0.2, 0.25) is 0 Å². The summed E-state index contributed by atoms with van der Waals surface area (Å²) in [5, 5.41) is 0. The van der Waals surface area contributed by atoms with Crippen LogP contribution in [0.25, 0.3) is 45.6 Å². The number of hydrogen-bond donors (Lipinski definition) is 0. The van der Waals surface area contributed by atoms with Crippen LogP contribution in [0.5, 0.6) is 0 Å². The Morgan fingerprint density at radius 3 is 1.29 bits per heavy atom. The summed E-state index contributed by atoms with van der Waals surface area (Å²) in [7, 11) is 0.842. The molecular weight excluding hydrogens is 645 g/mol. The summed E-state index contributed by atoms with van der Waals surface area (Å²) in [6.45, 7) is 13.7. The number of aryl methyl sites for hydroxylation is 4. The van der Waals surface area contributed by atoms with E-state index in [0.717, 1.165) is 9.52 Å². The molecule has 0 saturated heterocycles. The van der Waals surface area contributed by atoms with Crippen molar-refractivity contribution in [2.24, 2.45) is 0 Å². The minimum Gasteiger partial charge on any atom is -0.141 e. The van der Waals surface area contributed by atoms with Crippen LogP contribution in [0, 0.1) is 41.5 Å². The van der Waals surface area contributed by atoms with Gasteiger partial charge in [0, 0.05) is 40.9 Å². The molecule has 8 rings (SSSR count). The number of hydrogen-bond acceptors (Lipinski definition) is 2. The van der Waals surface area contributed by atoms with Crippen LogP contribution in [0.1, 0.15) is 75.9 Å². The largest absolute Gasteiger partial charge is 0.141 e. The van der Waals surface area contributed by atoms with Crippen LogP contribution in [0.3, 0.4) is 0 Å². The van der Waals surface area contributed by atoms with E-state index in [1.807, 2.05) is 22.7 Å². The van der Waals surface area contributed by atoms with Gasteiger partial charge in [0.1, 0.15) is 0 Å². The van der Waals surface area contributed by atoms with E-state index in [0.29, 0.717) is 11.8 Å². The Morgan fingerprint density at radius 1 is 0.510 bits per heavy atom. The monoisotopic (exact) mass is 686 g/mol. The van der Waals surface area contributed by atoms with Crippen molar-refractivity contribution >= 4 is 55.5 Å². The van der Waals surface area contributed by atoms with Gasteiger partial charge in [-0.25, -0.2) is 0 Å². The van der Waals surface area contributed by atoms with Crippen molar-refractivity contribution in [1.82, 2.24) is 0 Å². The third-order valence-electron chi connectivity index (χ3n) is 10.8. The molecule has 2 radical (unpaired) electrons. The predicted molar refractivity (Wildman–Crippen MR) is 217 cm³/mol. The quantitative estimate of drug-likeness (QED) is 0.140. The van der Waals surface area contributed by atoms with Crippen molar-refractivity contribution in [2.75, 3.05) is 0 Å². The molecule has 0 bridgehead atoms. The van der Waals surface area contributed by atoms with Gasteiger partial charge in [-0.05, 0) is 156 Å². The summed E-state index contributed by atoms with van der Waals surface area (Å²) in [6, 6.07) is 38.8. The molecule has 0 saturated carbocycles. The van der Waals surface area contributed by atoms with Crippen molar-refractivity contribution in [3.63, 3.8) is 0 Å². The zero-order chi connectivity index (χ0) is 33.8. The highest BCUT2D eigenvalue weighted by molar-refractivity contribution is 7.13. The van der Waals surface area contributed by atoms with Crippen molar-refractivity contribution in [3.8, 4) is 22.3 Å². The first-order valence-electron chi connectivity index (χ1n) is 17.4.